The Morgan fingerprint density at radius 3 is 2.35 bits per heavy atom. The molecule has 0 aliphatic heterocycles. The van der Waals surface area contributed by atoms with Gasteiger partial charge in [0.25, 0.3) is 0 Å². The van der Waals surface area contributed by atoms with E-state index < -0.39 is 0 Å². The molecule has 0 atom stereocenters. The summed E-state index contributed by atoms with van der Waals surface area (Å²) >= 11 is 0. The second-order valence-electron chi connectivity index (χ2n) is 5.32. The third kappa shape index (κ3) is 5.40. The van der Waals surface area contributed by atoms with Crippen LogP contribution in [0.5, 0.6) is 5.75 Å². The minimum atomic E-state index is -0.238. The highest BCUT2D eigenvalue weighted by Gasteiger charge is 2.08. The van der Waals surface area contributed by atoms with Crippen LogP contribution in [0.2, 0.25) is 0 Å². The van der Waals surface area contributed by atoms with E-state index in [1.54, 1.807) is 13.0 Å². The van der Waals surface area contributed by atoms with Crippen molar-refractivity contribution in [3.05, 3.63) is 42.5 Å². The summed E-state index contributed by atoms with van der Waals surface area (Å²) in [5, 5.41) is 1.98. The number of esters is 2. The third-order valence-corrected chi connectivity index (χ3v) is 3.54. The highest BCUT2D eigenvalue weighted by molar-refractivity contribution is 5.90. The Labute approximate surface area is 136 Å². The smallest absolute Gasteiger partial charge is 0.311 e. The van der Waals surface area contributed by atoms with Gasteiger partial charge in [-0.1, -0.05) is 42.8 Å². The van der Waals surface area contributed by atoms with E-state index in [9.17, 15) is 9.59 Å². The Balaban J connectivity index is 1.75. The Kier molecular flexibility index (Phi) is 6.60. The highest BCUT2D eigenvalue weighted by Crippen LogP contribution is 2.25. The molecule has 4 heteroatoms. The largest absolute Gasteiger partial charge is 0.466 e. The zero-order valence-corrected chi connectivity index (χ0v) is 13.4. The van der Waals surface area contributed by atoms with Gasteiger partial charge in [-0.05, 0) is 31.2 Å². The average Bonchev–Trinajstić information content (AvgIpc) is 2.55. The topological polar surface area (TPSA) is 52.6 Å². The van der Waals surface area contributed by atoms with Gasteiger partial charge in [0.1, 0.15) is 5.75 Å². The lowest BCUT2D eigenvalue weighted by atomic mass is 10.1. The van der Waals surface area contributed by atoms with Gasteiger partial charge in [-0.3, -0.25) is 9.59 Å². The van der Waals surface area contributed by atoms with Crippen LogP contribution in [0.3, 0.4) is 0 Å². The van der Waals surface area contributed by atoms with Crippen molar-refractivity contribution < 1.29 is 19.1 Å². The lowest BCUT2D eigenvalue weighted by molar-refractivity contribution is -0.143. The van der Waals surface area contributed by atoms with Crippen molar-refractivity contribution in [2.45, 2.75) is 39.0 Å². The molecule has 2 aromatic rings. The SMILES string of the molecule is CCOC(=O)CCCCCC(=O)Oc1cccc2ccccc12. The molecule has 0 radical (unpaired) electrons. The standard InChI is InChI=1S/C19H22O4/c1-2-22-18(20)13-4-3-5-14-19(21)23-17-12-8-10-15-9-6-7-11-16(15)17/h6-12H,2-5,13-14H2,1H3. The van der Waals surface area contributed by atoms with Crippen LogP contribution in [0.25, 0.3) is 10.8 Å². The maximum atomic E-state index is 11.9. The molecule has 2 rings (SSSR count). The molecular formula is C19H22O4. The number of ether oxygens (including phenoxy) is 2. The normalized spacial score (nSPS) is 10.5. The molecule has 0 unspecified atom stereocenters. The molecule has 0 aliphatic rings. The molecule has 0 saturated carbocycles. The van der Waals surface area contributed by atoms with Crippen molar-refractivity contribution in [1.82, 2.24) is 0 Å². The van der Waals surface area contributed by atoms with Crippen LogP contribution in [0.1, 0.15) is 39.0 Å². The first-order chi connectivity index (χ1) is 11.2. The molecule has 0 aliphatic carbocycles. The van der Waals surface area contributed by atoms with Crippen molar-refractivity contribution in [2.24, 2.45) is 0 Å². The Morgan fingerprint density at radius 1 is 0.870 bits per heavy atom. The summed E-state index contributed by atoms with van der Waals surface area (Å²) in [6, 6.07) is 13.5. The number of hydrogen-bond acceptors (Lipinski definition) is 4. The van der Waals surface area contributed by atoms with Crippen LogP contribution in [0.4, 0.5) is 0 Å². The predicted molar refractivity (Wildman–Crippen MR) is 89.3 cm³/mol. The molecule has 0 N–H and O–H groups in total. The molecule has 0 bridgehead atoms. The number of unbranched alkanes of at least 4 members (excludes halogenated alkanes) is 2. The minimum Gasteiger partial charge on any atom is -0.466 e. The van der Waals surface area contributed by atoms with Crippen LogP contribution in [0.15, 0.2) is 42.5 Å². The van der Waals surface area contributed by atoms with Gasteiger partial charge in [-0.15, -0.1) is 0 Å². The lowest BCUT2D eigenvalue weighted by Crippen LogP contribution is -2.08. The number of rotatable bonds is 8. The summed E-state index contributed by atoms with van der Waals surface area (Å²) in [7, 11) is 0. The number of carbonyl (C=O) groups excluding carboxylic acids is 2. The highest BCUT2D eigenvalue weighted by atomic mass is 16.5. The molecule has 2 aromatic carbocycles. The quantitative estimate of drug-likeness (QED) is 0.415. The first-order valence-corrected chi connectivity index (χ1v) is 8.04. The molecule has 0 saturated heterocycles. The predicted octanol–water partition coefficient (Wildman–Crippen LogP) is 4.26. The fraction of sp³-hybridized carbons (Fsp3) is 0.368. The molecule has 122 valence electrons. The second kappa shape index (κ2) is 8.93. The van der Waals surface area contributed by atoms with E-state index in [1.807, 2.05) is 36.4 Å². The van der Waals surface area contributed by atoms with Gasteiger partial charge in [0.05, 0.1) is 6.61 Å². The van der Waals surface area contributed by atoms with Crippen LogP contribution < -0.4 is 4.74 Å². The fourth-order valence-electron chi connectivity index (χ4n) is 2.41. The summed E-state index contributed by atoms with van der Waals surface area (Å²) in [4.78, 5) is 23.1. The molecular weight excluding hydrogens is 292 g/mol. The van der Waals surface area contributed by atoms with E-state index in [0.29, 0.717) is 31.6 Å². The van der Waals surface area contributed by atoms with Crippen molar-refractivity contribution in [3.63, 3.8) is 0 Å². The summed E-state index contributed by atoms with van der Waals surface area (Å²) in [5.74, 6) is 0.183. The van der Waals surface area contributed by atoms with Gasteiger partial charge in [0, 0.05) is 18.2 Å². The van der Waals surface area contributed by atoms with E-state index in [1.165, 1.54) is 0 Å². The summed E-state index contributed by atoms with van der Waals surface area (Å²) in [5.41, 5.74) is 0. The van der Waals surface area contributed by atoms with E-state index in [0.717, 1.165) is 23.6 Å². The molecule has 4 nitrogen and oxygen atoms in total. The van der Waals surface area contributed by atoms with Crippen molar-refractivity contribution in [1.29, 1.82) is 0 Å². The average molecular weight is 314 g/mol. The second-order valence-corrected chi connectivity index (χ2v) is 5.32. The zero-order valence-electron chi connectivity index (χ0n) is 13.4. The van der Waals surface area contributed by atoms with Gasteiger partial charge in [-0.2, -0.15) is 0 Å². The van der Waals surface area contributed by atoms with E-state index >= 15 is 0 Å². The monoisotopic (exact) mass is 314 g/mol. The molecule has 0 amide bonds. The van der Waals surface area contributed by atoms with Gasteiger partial charge in [0.15, 0.2) is 0 Å². The Morgan fingerprint density at radius 2 is 1.57 bits per heavy atom. The van der Waals surface area contributed by atoms with Crippen molar-refractivity contribution in [2.75, 3.05) is 6.61 Å². The fourth-order valence-corrected chi connectivity index (χ4v) is 2.41. The van der Waals surface area contributed by atoms with Crippen LogP contribution >= 0.6 is 0 Å². The summed E-state index contributed by atoms with van der Waals surface area (Å²) in [6.45, 7) is 2.21. The molecule has 23 heavy (non-hydrogen) atoms. The van der Waals surface area contributed by atoms with Crippen molar-refractivity contribution >= 4 is 22.7 Å². The van der Waals surface area contributed by atoms with E-state index in [2.05, 4.69) is 0 Å². The third-order valence-electron chi connectivity index (χ3n) is 3.54. The lowest BCUT2D eigenvalue weighted by Gasteiger charge is -2.07. The number of benzene rings is 2. The molecule has 0 fully saturated rings. The number of fused-ring (bicyclic) bond motifs is 1. The van der Waals surface area contributed by atoms with Crippen LogP contribution in [-0.4, -0.2) is 18.5 Å². The minimum absolute atomic E-state index is 0.175. The van der Waals surface area contributed by atoms with Gasteiger partial charge in [-0.25, -0.2) is 0 Å². The first kappa shape index (κ1) is 17.0. The van der Waals surface area contributed by atoms with E-state index in [4.69, 9.17) is 9.47 Å². The number of hydrogen-bond donors (Lipinski definition) is 0. The first-order valence-electron chi connectivity index (χ1n) is 8.04. The summed E-state index contributed by atoms with van der Waals surface area (Å²) in [6.07, 6.45) is 3.02. The summed E-state index contributed by atoms with van der Waals surface area (Å²) < 4.78 is 10.3. The number of carbonyl (C=O) groups is 2. The zero-order chi connectivity index (χ0) is 16.5. The van der Waals surface area contributed by atoms with Gasteiger partial charge >= 0.3 is 11.9 Å². The van der Waals surface area contributed by atoms with Gasteiger partial charge < -0.3 is 9.47 Å². The molecule has 0 aromatic heterocycles. The maximum absolute atomic E-state index is 11.9. The molecule has 0 spiro atoms. The van der Waals surface area contributed by atoms with Crippen LogP contribution in [0, 0.1) is 0 Å². The Hall–Kier alpha value is -2.36. The molecule has 0 heterocycles. The maximum Gasteiger partial charge on any atom is 0.311 e. The van der Waals surface area contributed by atoms with E-state index in [-0.39, 0.29) is 11.9 Å². The van der Waals surface area contributed by atoms with Crippen LogP contribution in [-0.2, 0) is 14.3 Å². The Bertz CT molecular complexity index is 658. The van der Waals surface area contributed by atoms with Gasteiger partial charge in [0.2, 0.25) is 0 Å². The van der Waals surface area contributed by atoms with Crippen molar-refractivity contribution in [3.8, 4) is 5.75 Å².